The zero-order chi connectivity index (χ0) is 24.8. The smallest absolute Gasteiger partial charge is 0.213 e. The van der Waals surface area contributed by atoms with E-state index in [1.165, 1.54) is 0 Å². The third kappa shape index (κ3) is 5.55. The third-order valence-electron chi connectivity index (χ3n) is 5.97. The molecule has 0 spiro atoms. The predicted molar refractivity (Wildman–Crippen MR) is 146 cm³/mol. The van der Waals surface area contributed by atoms with Gasteiger partial charge in [-0.05, 0) is 30.3 Å². The van der Waals surface area contributed by atoms with Gasteiger partial charge in [0.1, 0.15) is 12.3 Å². The molecule has 0 aliphatic rings. The highest BCUT2D eigenvalue weighted by Crippen LogP contribution is 2.20. The van der Waals surface area contributed by atoms with E-state index < -0.39 is 0 Å². The Morgan fingerprint density at radius 3 is 1.91 bits per heavy atom. The molecule has 4 rings (SSSR count). The molecule has 4 aromatic rings. The minimum Gasteiger partial charge on any atom is -0.390 e. The second kappa shape index (κ2) is 10.9. The van der Waals surface area contributed by atoms with Crippen molar-refractivity contribution in [1.82, 2.24) is 0 Å². The summed E-state index contributed by atoms with van der Waals surface area (Å²) in [5.74, 6) is 0. The SMILES string of the molecule is CN(C)c1ccc(C(=NN=Cc2cc[n+](CCO)c3ccccc23)c2ccc(N(C)C)cc2)cc1. The van der Waals surface area contributed by atoms with Gasteiger partial charge in [-0.2, -0.15) is 9.67 Å². The molecule has 0 radical (unpaired) electrons. The summed E-state index contributed by atoms with van der Waals surface area (Å²) in [6, 6.07) is 26.8. The van der Waals surface area contributed by atoms with Crippen molar-refractivity contribution >= 4 is 34.2 Å². The molecule has 0 saturated heterocycles. The van der Waals surface area contributed by atoms with Crippen molar-refractivity contribution in [1.29, 1.82) is 0 Å². The Hall–Kier alpha value is -4.03. The maximum Gasteiger partial charge on any atom is 0.213 e. The average molecular weight is 467 g/mol. The maximum absolute atomic E-state index is 9.39. The minimum atomic E-state index is 0.0922. The first-order chi connectivity index (χ1) is 17.0. The van der Waals surface area contributed by atoms with E-state index in [4.69, 9.17) is 0 Å². The van der Waals surface area contributed by atoms with Crippen molar-refractivity contribution < 1.29 is 9.67 Å². The zero-order valence-corrected chi connectivity index (χ0v) is 20.8. The molecule has 0 saturated carbocycles. The van der Waals surface area contributed by atoms with E-state index in [1.54, 1.807) is 6.21 Å². The number of pyridine rings is 1. The van der Waals surface area contributed by atoms with E-state index in [0.29, 0.717) is 6.54 Å². The summed E-state index contributed by atoms with van der Waals surface area (Å²) in [5.41, 5.74) is 7.11. The Morgan fingerprint density at radius 1 is 0.800 bits per heavy atom. The molecule has 0 aliphatic carbocycles. The molecule has 178 valence electrons. The summed E-state index contributed by atoms with van der Waals surface area (Å²) < 4.78 is 2.04. The van der Waals surface area contributed by atoms with Crippen LogP contribution in [0.5, 0.6) is 0 Å². The highest BCUT2D eigenvalue weighted by atomic mass is 16.3. The van der Waals surface area contributed by atoms with Crippen LogP contribution >= 0.6 is 0 Å². The van der Waals surface area contributed by atoms with Gasteiger partial charge in [-0.1, -0.05) is 36.4 Å². The fraction of sp³-hybridized carbons (Fsp3) is 0.207. The van der Waals surface area contributed by atoms with Crippen LogP contribution in [0.15, 0.2) is 95.3 Å². The molecule has 1 heterocycles. The van der Waals surface area contributed by atoms with Crippen molar-refractivity contribution in [2.24, 2.45) is 10.2 Å². The van der Waals surface area contributed by atoms with Crippen molar-refractivity contribution in [3.63, 3.8) is 0 Å². The lowest BCUT2D eigenvalue weighted by Gasteiger charge is -2.15. The molecular weight excluding hydrogens is 434 g/mol. The van der Waals surface area contributed by atoms with E-state index in [0.717, 1.165) is 44.7 Å². The summed E-state index contributed by atoms with van der Waals surface area (Å²) in [6.45, 7) is 0.640. The lowest BCUT2D eigenvalue weighted by molar-refractivity contribution is -0.672. The van der Waals surface area contributed by atoms with Crippen LogP contribution in [-0.4, -0.2) is 51.8 Å². The average Bonchev–Trinajstić information content (AvgIpc) is 2.88. The first-order valence-electron chi connectivity index (χ1n) is 11.7. The number of nitrogens with zero attached hydrogens (tertiary/aromatic N) is 5. The summed E-state index contributed by atoms with van der Waals surface area (Å²) in [4.78, 5) is 4.16. The van der Waals surface area contributed by atoms with E-state index in [1.807, 2.05) is 57.2 Å². The van der Waals surface area contributed by atoms with E-state index in [2.05, 4.69) is 80.7 Å². The quantitative estimate of drug-likeness (QED) is 0.241. The van der Waals surface area contributed by atoms with Crippen LogP contribution < -0.4 is 14.4 Å². The van der Waals surface area contributed by atoms with Gasteiger partial charge in [0.25, 0.3) is 0 Å². The Balaban J connectivity index is 1.74. The second-order valence-corrected chi connectivity index (χ2v) is 8.78. The fourth-order valence-electron chi connectivity index (χ4n) is 3.99. The molecular formula is C29H32N5O+. The van der Waals surface area contributed by atoms with Gasteiger partial charge in [0, 0.05) is 68.4 Å². The number of hydrogen-bond acceptors (Lipinski definition) is 5. The molecule has 0 unspecified atom stereocenters. The number of rotatable bonds is 8. The minimum absolute atomic E-state index is 0.0922. The van der Waals surface area contributed by atoms with Gasteiger partial charge in [-0.3, -0.25) is 0 Å². The predicted octanol–water partition coefficient (Wildman–Crippen LogP) is 4.12. The van der Waals surface area contributed by atoms with Gasteiger partial charge in [-0.15, -0.1) is 5.10 Å². The number of aromatic nitrogens is 1. The lowest BCUT2D eigenvalue weighted by Crippen LogP contribution is -2.36. The first kappa shape index (κ1) is 24.1. The standard InChI is InChI=1S/C29H32N5O/c1-32(2)25-13-9-22(10-14-25)29(23-11-15-26(16-12-23)33(3)4)31-30-21-24-17-18-34(19-20-35)28-8-6-5-7-27(24)28/h5-18,21,35H,19-20H2,1-4H3/q+1. The highest BCUT2D eigenvalue weighted by molar-refractivity contribution is 6.13. The Morgan fingerprint density at radius 2 is 1.37 bits per heavy atom. The molecule has 0 atom stereocenters. The molecule has 1 aromatic heterocycles. The van der Waals surface area contributed by atoms with E-state index >= 15 is 0 Å². The van der Waals surface area contributed by atoms with Crippen molar-refractivity contribution in [2.45, 2.75) is 6.54 Å². The summed E-state index contributed by atoms with van der Waals surface area (Å²) >= 11 is 0. The highest BCUT2D eigenvalue weighted by Gasteiger charge is 2.11. The zero-order valence-electron chi connectivity index (χ0n) is 20.8. The van der Waals surface area contributed by atoms with Crippen molar-refractivity contribution in [3.8, 4) is 0 Å². The number of aliphatic hydroxyl groups is 1. The van der Waals surface area contributed by atoms with Crippen LogP contribution in [-0.2, 0) is 6.54 Å². The van der Waals surface area contributed by atoms with Gasteiger partial charge in [-0.25, -0.2) is 0 Å². The third-order valence-corrected chi connectivity index (χ3v) is 5.97. The van der Waals surface area contributed by atoms with Crippen molar-refractivity contribution in [3.05, 3.63) is 102 Å². The van der Waals surface area contributed by atoms with Crippen LogP contribution in [0.1, 0.15) is 16.7 Å². The normalized spacial score (nSPS) is 11.1. The molecule has 0 fully saturated rings. The maximum atomic E-state index is 9.39. The molecule has 0 amide bonds. The van der Waals surface area contributed by atoms with E-state index in [9.17, 15) is 5.11 Å². The van der Waals surface area contributed by atoms with Gasteiger partial charge in [0.05, 0.1) is 11.6 Å². The number of aliphatic hydroxyl groups excluding tert-OH is 1. The van der Waals surface area contributed by atoms with Crippen LogP contribution in [0.2, 0.25) is 0 Å². The Labute approximate surface area is 207 Å². The summed E-state index contributed by atoms with van der Waals surface area (Å²) in [6.07, 6.45) is 3.78. The number of anilines is 2. The first-order valence-corrected chi connectivity index (χ1v) is 11.7. The Bertz CT molecular complexity index is 1290. The topological polar surface area (TPSA) is 55.3 Å². The van der Waals surface area contributed by atoms with Gasteiger partial charge in [0.15, 0.2) is 12.7 Å². The molecule has 35 heavy (non-hydrogen) atoms. The van der Waals surface area contributed by atoms with Crippen molar-refractivity contribution in [2.75, 3.05) is 44.6 Å². The van der Waals surface area contributed by atoms with Gasteiger partial charge >= 0.3 is 0 Å². The van der Waals surface area contributed by atoms with Crippen LogP contribution in [0.3, 0.4) is 0 Å². The number of benzene rings is 3. The number of fused-ring (bicyclic) bond motifs is 1. The fourth-order valence-corrected chi connectivity index (χ4v) is 3.99. The van der Waals surface area contributed by atoms with Crippen LogP contribution in [0.4, 0.5) is 11.4 Å². The largest absolute Gasteiger partial charge is 0.390 e. The molecule has 6 heteroatoms. The van der Waals surface area contributed by atoms with Gasteiger partial charge < -0.3 is 14.9 Å². The number of hydrogen-bond donors (Lipinski definition) is 1. The summed E-state index contributed by atoms with van der Waals surface area (Å²) in [5, 5.41) is 19.7. The summed E-state index contributed by atoms with van der Waals surface area (Å²) in [7, 11) is 8.12. The van der Waals surface area contributed by atoms with Crippen LogP contribution in [0, 0.1) is 0 Å². The monoisotopic (exact) mass is 466 g/mol. The van der Waals surface area contributed by atoms with E-state index in [-0.39, 0.29) is 6.61 Å². The number of para-hydroxylation sites is 1. The molecule has 3 aromatic carbocycles. The Kier molecular flexibility index (Phi) is 7.53. The van der Waals surface area contributed by atoms with Crippen LogP contribution in [0.25, 0.3) is 10.9 Å². The molecule has 0 aliphatic heterocycles. The molecule has 6 nitrogen and oxygen atoms in total. The molecule has 1 N–H and O–H groups in total. The molecule has 0 bridgehead atoms. The lowest BCUT2D eigenvalue weighted by atomic mass is 10.0. The second-order valence-electron chi connectivity index (χ2n) is 8.78. The van der Waals surface area contributed by atoms with Gasteiger partial charge in [0.2, 0.25) is 5.52 Å².